The summed E-state index contributed by atoms with van der Waals surface area (Å²) in [6.07, 6.45) is 2.21. The Morgan fingerprint density at radius 3 is 2.33 bits per heavy atom. The normalized spacial score (nSPS) is 21.2. The van der Waals surface area contributed by atoms with Crippen molar-refractivity contribution in [2.45, 2.75) is 18.8 Å². The molecule has 0 fully saturated rings. The average molecular weight is 204 g/mol. The quantitative estimate of drug-likeness (QED) is 0.737. The molecule has 1 aromatic carbocycles. The van der Waals surface area contributed by atoms with Crippen LogP contribution in [0.4, 0.5) is 0 Å². The van der Waals surface area contributed by atoms with Gasteiger partial charge in [-0.05, 0) is 23.6 Å². The number of rotatable bonds is 1. The van der Waals surface area contributed by atoms with Gasteiger partial charge < -0.3 is 10.2 Å². The zero-order valence-electron chi connectivity index (χ0n) is 8.18. The predicted molar refractivity (Wildman–Crippen MR) is 55.8 cm³/mol. The number of aliphatic hydroxyl groups is 1. The first-order valence-corrected chi connectivity index (χ1v) is 4.86. The van der Waals surface area contributed by atoms with Gasteiger partial charge in [0.15, 0.2) is 5.78 Å². The Morgan fingerprint density at radius 2 is 1.73 bits per heavy atom. The molecule has 1 atom stereocenters. The van der Waals surface area contributed by atoms with E-state index in [1.54, 1.807) is 24.3 Å². The number of hydrogen-bond acceptors (Lipinski definition) is 3. The monoisotopic (exact) mass is 204 g/mol. The molecule has 0 aromatic heterocycles. The second kappa shape index (κ2) is 3.77. The first-order chi connectivity index (χ1) is 7.15. The van der Waals surface area contributed by atoms with Gasteiger partial charge in [0.25, 0.3) is 0 Å². The Hall–Kier alpha value is -1.77. The van der Waals surface area contributed by atoms with Gasteiger partial charge in [0.05, 0.1) is 5.76 Å². The Balaban J connectivity index is 2.22. The van der Waals surface area contributed by atoms with Crippen LogP contribution in [0.1, 0.15) is 24.3 Å². The van der Waals surface area contributed by atoms with E-state index in [-0.39, 0.29) is 23.2 Å². The molecule has 0 amide bonds. The summed E-state index contributed by atoms with van der Waals surface area (Å²) >= 11 is 0. The van der Waals surface area contributed by atoms with Crippen molar-refractivity contribution in [1.82, 2.24) is 0 Å². The molecular weight excluding hydrogens is 192 g/mol. The number of benzene rings is 1. The van der Waals surface area contributed by atoms with Crippen LogP contribution in [0.25, 0.3) is 0 Å². The molecule has 0 aliphatic heterocycles. The molecule has 0 saturated heterocycles. The minimum absolute atomic E-state index is 0.0306. The summed E-state index contributed by atoms with van der Waals surface area (Å²) in [5, 5.41) is 18.5. The van der Waals surface area contributed by atoms with Crippen LogP contribution in [0, 0.1) is 0 Å². The Kier molecular flexibility index (Phi) is 2.46. The number of ketones is 1. The van der Waals surface area contributed by atoms with Crippen LogP contribution in [0.5, 0.6) is 5.75 Å². The van der Waals surface area contributed by atoms with Gasteiger partial charge in [-0.2, -0.15) is 0 Å². The molecule has 0 saturated carbocycles. The summed E-state index contributed by atoms with van der Waals surface area (Å²) in [6, 6.07) is 6.75. The fourth-order valence-electron chi connectivity index (χ4n) is 1.85. The van der Waals surface area contributed by atoms with Gasteiger partial charge in [0, 0.05) is 18.9 Å². The van der Waals surface area contributed by atoms with Crippen molar-refractivity contribution in [3.63, 3.8) is 0 Å². The van der Waals surface area contributed by atoms with Crippen molar-refractivity contribution in [2.75, 3.05) is 0 Å². The molecule has 0 heterocycles. The van der Waals surface area contributed by atoms with E-state index in [0.29, 0.717) is 12.8 Å². The fraction of sp³-hybridized carbons (Fsp3) is 0.250. The SMILES string of the molecule is O=C1C=C(O)CC(c2ccc(O)cc2)C1. The minimum atomic E-state index is -0.0446. The van der Waals surface area contributed by atoms with E-state index in [1.165, 1.54) is 6.08 Å². The Labute approximate surface area is 87.7 Å². The molecule has 15 heavy (non-hydrogen) atoms. The number of phenols is 1. The highest BCUT2D eigenvalue weighted by molar-refractivity contribution is 5.91. The van der Waals surface area contributed by atoms with Crippen molar-refractivity contribution in [2.24, 2.45) is 0 Å². The van der Waals surface area contributed by atoms with Gasteiger partial charge in [0.2, 0.25) is 0 Å². The first-order valence-electron chi connectivity index (χ1n) is 4.86. The van der Waals surface area contributed by atoms with Gasteiger partial charge in [0.1, 0.15) is 5.75 Å². The van der Waals surface area contributed by atoms with E-state index < -0.39 is 0 Å². The second-order valence-electron chi connectivity index (χ2n) is 3.80. The molecule has 1 aromatic rings. The van der Waals surface area contributed by atoms with Crippen LogP contribution in [-0.4, -0.2) is 16.0 Å². The number of aromatic hydroxyl groups is 1. The lowest BCUT2D eigenvalue weighted by Crippen LogP contribution is -2.12. The Morgan fingerprint density at radius 1 is 1.07 bits per heavy atom. The highest BCUT2D eigenvalue weighted by Crippen LogP contribution is 2.30. The first kappa shape index (κ1) is 9.77. The molecule has 78 valence electrons. The fourth-order valence-corrected chi connectivity index (χ4v) is 1.85. The molecule has 2 rings (SSSR count). The lowest BCUT2D eigenvalue weighted by Gasteiger charge is -2.19. The molecular formula is C12H12O3. The van der Waals surface area contributed by atoms with Crippen molar-refractivity contribution in [1.29, 1.82) is 0 Å². The van der Waals surface area contributed by atoms with E-state index >= 15 is 0 Å². The van der Waals surface area contributed by atoms with Crippen LogP contribution >= 0.6 is 0 Å². The third kappa shape index (κ3) is 2.18. The van der Waals surface area contributed by atoms with E-state index in [0.717, 1.165) is 5.56 Å². The number of carbonyl (C=O) groups is 1. The molecule has 1 aliphatic carbocycles. The van der Waals surface area contributed by atoms with Gasteiger partial charge in [-0.15, -0.1) is 0 Å². The minimum Gasteiger partial charge on any atom is -0.512 e. The van der Waals surface area contributed by atoms with Crippen molar-refractivity contribution >= 4 is 5.78 Å². The Bertz CT molecular complexity index is 403. The van der Waals surface area contributed by atoms with Crippen LogP contribution in [-0.2, 0) is 4.79 Å². The molecule has 1 unspecified atom stereocenters. The smallest absolute Gasteiger partial charge is 0.159 e. The summed E-state index contributed by atoms with van der Waals surface area (Å²) in [4.78, 5) is 11.2. The number of carbonyl (C=O) groups excluding carboxylic acids is 1. The number of hydrogen-bond donors (Lipinski definition) is 2. The van der Waals surface area contributed by atoms with Crippen LogP contribution in [0.15, 0.2) is 36.1 Å². The number of allylic oxidation sites excluding steroid dienone is 2. The summed E-state index contributed by atoms with van der Waals surface area (Å²) in [5.74, 6) is 0.338. The van der Waals surface area contributed by atoms with Gasteiger partial charge >= 0.3 is 0 Å². The van der Waals surface area contributed by atoms with Gasteiger partial charge in [-0.3, -0.25) is 4.79 Å². The second-order valence-corrected chi connectivity index (χ2v) is 3.80. The number of phenolic OH excluding ortho intramolecular Hbond substituents is 1. The topological polar surface area (TPSA) is 57.5 Å². The zero-order valence-corrected chi connectivity index (χ0v) is 8.18. The van der Waals surface area contributed by atoms with Gasteiger partial charge in [-0.1, -0.05) is 12.1 Å². The van der Waals surface area contributed by atoms with Gasteiger partial charge in [-0.25, -0.2) is 0 Å². The standard InChI is InChI=1S/C12H12O3/c13-10-3-1-8(2-4-10)9-5-11(14)7-12(15)6-9/h1-4,7,9,13-14H,5-6H2. The molecule has 3 heteroatoms. The zero-order chi connectivity index (χ0) is 10.8. The molecule has 0 bridgehead atoms. The largest absolute Gasteiger partial charge is 0.512 e. The third-order valence-corrected chi connectivity index (χ3v) is 2.60. The van der Waals surface area contributed by atoms with Crippen molar-refractivity contribution in [3.8, 4) is 5.75 Å². The third-order valence-electron chi connectivity index (χ3n) is 2.60. The van der Waals surface area contributed by atoms with Crippen molar-refractivity contribution < 1.29 is 15.0 Å². The summed E-state index contributed by atoms with van der Waals surface area (Å²) in [6.45, 7) is 0. The lowest BCUT2D eigenvalue weighted by atomic mass is 9.86. The summed E-state index contributed by atoms with van der Waals surface area (Å²) < 4.78 is 0. The highest BCUT2D eigenvalue weighted by atomic mass is 16.3. The van der Waals surface area contributed by atoms with E-state index in [9.17, 15) is 9.90 Å². The van der Waals surface area contributed by atoms with Crippen LogP contribution in [0.3, 0.4) is 0 Å². The predicted octanol–water partition coefficient (Wildman–Crippen LogP) is 2.28. The lowest BCUT2D eigenvalue weighted by molar-refractivity contribution is -0.115. The maximum Gasteiger partial charge on any atom is 0.159 e. The molecule has 0 radical (unpaired) electrons. The van der Waals surface area contributed by atoms with Crippen LogP contribution in [0.2, 0.25) is 0 Å². The molecule has 3 nitrogen and oxygen atoms in total. The van der Waals surface area contributed by atoms with E-state index in [2.05, 4.69) is 0 Å². The summed E-state index contributed by atoms with van der Waals surface area (Å²) in [7, 11) is 0. The maximum absolute atomic E-state index is 11.2. The summed E-state index contributed by atoms with van der Waals surface area (Å²) in [5.41, 5.74) is 0.973. The van der Waals surface area contributed by atoms with Crippen molar-refractivity contribution in [3.05, 3.63) is 41.7 Å². The molecule has 0 spiro atoms. The maximum atomic E-state index is 11.2. The van der Waals surface area contributed by atoms with E-state index in [1.807, 2.05) is 0 Å². The highest BCUT2D eigenvalue weighted by Gasteiger charge is 2.21. The average Bonchev–Trinajstić information content (AvgIpc) is 2.17. The van der Waals surface area contributed by atoms with E-state index in [4.69, 9.17) is 5.11 Å². The van der Waals surface area contributed by atoms with Crippen LogP contribution < -0.4 is 0 Å². The molecule has 1 aliphatic rings. The number of aliphatic hydroxyl groups excluding tert-OH is 1. The molecule has 2 N–H and O–H groups in total.